The number of aliphatic hydroxyl groups is 3. The zero-order valence-electron chi connectivity index (χ0n) is 34.9. The van der Waals surface area contributed by atoms with Crippen molar-refractivity contribution in [2.45, 2.75) is 147 Å². The van der Waals surface area contributed by atoms with Crippen molar-refractivity contribution in [3.05, 3.63) is 0 Å². The fourth-order valence-electron chi connectivity index (χ4n) is 5.91. The number of nitrogens with one attached hydrogen (secondary N) is 2. The van der Waals surface area contributed by atoms with Gasteiger partial charge in [-0.1, -0.05) is 6.42 Å². The molecule has 58 heavy (non-hydrogen) atoms. The highest BCUT2D eigenvalue weighted by atomic mass is 31.2. The molecule has 0 spiro atoms. The van der Waals surface area contributed by atoms with E-state index in [-0.39, 0.29) is 71.6 Å². The van der Waals surface area contributed by atoms with E-state index >= 15 is 0 Å². The van der Waals surface area contributed by atoms with Gasteiger partial charge in [0.2, 0.25) is 11.8 Å². The molecule has 0 aromatic carbocycles. The number of rotatable bonds is 30. The number of hydrogen-bond donors (Lipinski definition) is 9. The Morgan fingerprint density at radius 1 is 0.862 bits per heavy atom. The second-order valence-corrected chi connectivity index (χ2v) is 18.3. The minimum absolute atomic E-state index is 0.0413. The Kier molecular flexibility index (Phi) is 24.2. The molecule has 1 aliphatic heterocycles. The first-order valence-corrected chi connectivity index (χ1v) is 22.1. The lowest BCUT2D eigenvalue weighted by Gasteiger charge is -2.42. The molecule has 9 unspecified atom stereocenters. The summed E-state index contributed by atoms with van der Waals surface area (Å²) in [5.74, 6) is -0.828. The Hall–Kier alpha value is -1.24. The quantitative estimate of drug-likeness (QED) is 0.0267. The molecule has 2 amide bonds. The largest absolute Gasteiger partial charge is 0.474 e. The summed E-state index contributed by atoms with van der Waals surface area (Å²) in [5, 5.41) is 35.5. The van der Waals surface area contributed by atoms with E-state index < -0.39 is 87.9 Å². The monoisotopic (exact) mass is 885 g/mol. The standard InChI is InChI=1S/C34H69N3O19P2/c1-23(54-58(46,47)56-34(8,35)22-50-17-16-48-14-15-49-18-19-52-57(43,44)45)25(20-33(6,7)55-32(3,4)5)37-27(40)12-10-9-11-13-51-31-28(36-24(2)39)30(42)29(41)26(21-38)53-31/h23,25-26,28-31,38,41-42H,9-22,35H2,1-8H3,(H,36,39)(H,37,40)(H,46,47)(H2,43,44,45). The average molecular weight is 886 g/mol. The van der Waals surface area contributed by atoms with Gasteiger partial charge < -0.3 is 74.8 Å². The van der Waals surface area contributed by atoms with E-state index in [1.54, 1.807) is 0 Å². The van der Waals surface area contributed by atoms with Gasteiger partial charge in [-0.05, 0) is 67.7 Å². The zero-order chi connectivity index (χ0) is 44.4. The van der Waals surface area contributed by atoms with Crippen LogP contribution in [0.1, 0.15) is 87.5 Å². The van der Waals surface area contributed by atoms with Crippen LogP contribution in [-0.4, -0.2) is 161 Å². The maximum Gasteiger partial charge on any atom is 0.474 e. The topological polar surface area (TPSA) is 323 Å². The first-order valence-electron chi connectivity index (χ1n) is 19.1. The number of ether oxygens (including phenoxy) is 6. The predicted molar refractivity (Wildman–Crippen MR) is 206 cm³/mol. The summed E-state index contributed by atoms with van der Waals surface area (Å²) in [5.41, 5.74) is 2.96. The number of hydrogen-bond acceptors (Lipinski definition) is 17. The van der Waals surface area contributed by atoms with Crippen LogP contribution in [-0.2, 0) is 60.7 Å². The van der Waals surface area contributed by atoms with Gasteiger partial charge in [0.15, 0.2) is 6.29 Å². The molecular formula is C34H69N3O19P2. The van der Waals surface area contributed by atoms with Crippen LogP contribution in [0.4, 0.5) is 0 Å². The third kappa shape index (κ3) is 24.9. The van der Waals surface area contributed by atoms with Gasteiger partial charge in [0.05, 0.1) is 76.2 Å². The Labute approximate surface area is 340 Å². The van der Waals surface area contributed by atoms with Crippen LogP contribution in [0, 0.1) is 0 Å². The molecule has 24 heteroatoms. The molecule has 0 saturated carbocycles. The minimum atomic E-state index is -4.83. The summed E-state index contributed by atoms with van der Waals surface area (Å²) >= 11 is 0. The number of aliphatic hydroxyl groups excluding tert-OH is 3. The van der Waals surface area contributed by atoms with Crippen LogP contribution in [0.15, 0.2) is 0 Å². The molecule has 0 radical (unpaired) electrons. The number of phosphoric acid groups is 2. The van der Waals surface area contributed by atoms with Gasteiger partial charge in [-0.15, -0.1) is 0 Å². The molecule has 0 aromatic rings. The Balaban J connectivity index is 2.67. The molecule has 1 aliphatic rings. The number of nitrogens with two attached hydrogens (primary N) is 1. The molecule has 344 valence electrons. The Bertz CT molecular complexity index is 1300. The lowest BCUT2D eigenvalue weighted by atomic mass is 9.94. The van der Waals surface area contributed by atoms with E-state index in [9.17, 15) is 38.9 Å². The van der Waals surface area contributed by atoms with Gasteiger partial charge in [-0.2, -0.15) is 0 Å². The number of carbonyl (C=O) groups is 2. The van der Waals surface area contributed by atoms with Crippen molar-refractivity contribution in [1.82, 2.24) is 10.6 Å². The number of phosphoric ester groups is 2. The summed E-state index contributed by atoms with van der Waals surface area (Å²) in [4.78, 5) is 52.7. The van der Waals surface area contributed by atoms with Crippen molar-refractivity contribution in [2.75, 3.05) is 59.5 Å². The third-order valence-corrected chi connectivity index (χ3v) is 9.80. The van der Waals surface area contributed by atoms with Gasteiger partial charge in [-0.3, -0.25) is 23.2 Å². The first-order chi connectivity index (χ1) is 26.7. The van der Waals surface area contributed by atoms with Gasteiger partial charge >= 0.3 is 15.6 Å². The molecule has 1 heterocycles. The van der Waals surface area contributed by atoms with Crippen molar-refractivity contribution >= 4 is 27.5 Å². The highest BCUT2D eigenvalue weighted by molar-refractivity contribution is 7.47. The fraction of sp³-hybridized carbons (Fsp3) is 0.941. The second kappa shape index (κ2) is 25.6. The first kappa shape index (κ1) is 54.8. The Morgan fingerprint density at radius 3 is 2.00 bits per heavy atom. The van der Waals surface area contributed by atoms with Crippen molar-refractivity contribution in [2.24, 2.45) is 5.73 Å². The van der Waals surface area contributed by atoms with Gasteiger partial charge in [0, 0.05) is 20.0 Å². The van der Waals surface area contributed by atoms with Crippen LogP contribution < -0.4 is 16.4 Å². The molecule has 9 atom stereocenters. The van der Waals surface area contributed by atoms with E-state index in [1.165, 1.54) is 20.8 Å². The molecule has 1 saturated heterocycles. The summed E-state index contributed by atoms with van der Waals surface area (Å²) in [6.45, 7) is 12.7. The maximum atomic E-state index is 13.2. The summed E-state index contributed by atoms with van der Waals surface area (Å²) < 4.78 is 72.1. The number of carbonyl (C=O) groups excluding carboxylic acids is 2. The predicted octanol–water partition coefficient (Wildman–Crippen LogP) is 0.332. The lowest BCUT2D eigenvalue weighted by Crippen LogP contribution is -2.64. The van der Waals surface area contributed by atoms with Crippen LogP contribution in [0.25, 0.3) is 0 Å². The summed E-state index contributed by atoms with van der Waals surface area (Å²) in [6.07, 6.45) is -4.45. The van der Waals surface area contributed by atoms with Gasteiger partial charge in [0.1, 0.15) is 30.1 Å². The van der Waals surface area contributed by atoms with Crippen molar-refractivity contribution in [3.63, 3.8) is 0 Å². The van der Waals surface area contributed by atoms with Crippen molar-refractivity contribution in [3.8, 4) is 0 Å². The minimum Gasteiger partial charge on any atom is -0.394 e. The zero-order valence-corrected chi connectivity index (χ0v) is 36.7. The Morgan fingerprint density at radius 2 is 1.45 bits per heavy atom. The molecule has 0 bridgehead atoms. The van der Waals surface area contributed by atoms with Crippen LogP contribution in [0.5, 0.6) is 0 Å². The molecule has 22 nitrogen and oxygen atoms in total. The molecular weight excluding hydrogens is 816 g/mol. The molecule has 1 fully saturated rings. The van der Waals surface area contributed by atoms with Gasteiger partial charge in [-0.25, -0.2) is 9.13 Å². The van der Waals surface area contributed by atoms with Crippen LogP contribution in [0.3, 0.4) is 0 Å². The third-order valence-electron chi connectivity index (χ3n) is 8.03. The van der Waals surface area contributed by atoms with E-state index in [4.69, 9.17) is 53.0 Å². The lowest BCUT2D eigenvalue weighted by molar-refractivity contribution is -0.270. The average Bonchev–Trinajstić information content (AvgIpc) is 3.05. The summed E-state index contributed by atoms with van der Waals surface area (Å²) in [6, 6.07) is -1.88. The smallest absolute Gasteiger partial charge is 0.394 e. The van der Waals surface area contributed by atoms with Crippen LogP contribution >= 0.6 is 15.6 Å². The van der Waals surface area contributed by atoms with E-state index in [2.05, 4.69) is 15.2 Å². The van der Waals surface area contributed by atoms with Crippen molar-refractivity contribution in [1.29, 1.82) is 0 Å². The summed E-state index contributed by atoms with van der Waals surface area (Å²) in [7, 11) is -9.38. The van der Waals surface area contributed by atoms with E-state index in [1.807, 2.05) is 34.6 Å². The molecule has 0 aliphatic carbocycles. The normalized spacial score (nSPS) is 23.7. The van der Waals surface area contributed by atoms with E-state index in [0.29, 0.717) is 19.3 Å². The fourth-order valence-corrected chi connectivity index (χ4v) is 7.42. The SMILES string of the molecule is CC(=O)NC1C(OCCCCCC(=O)NC(CC(C)(C)OC(C)(C)C)C(C)OP(=O)(O)OC(C)(N)COCCOCCOCCOP(=O)(O)O)OC(CO)C(O)C1O. The number of amides is 2. The van der Waals surface area contributed by atoms with Crippen LogP contribution in [0.2, 0.25) is 0 Å². The molecule has 0 aromatic heterocycles. The molecule has 1 rings (SSSR count). The highest BCUT2D eigenvalue weighted by Crippen LogP contribution is 2.48. The highest BCUT2D eigenvalue weighted by Gasteiger charge is 2.45. The maximum absolute atomic E-state index is 13.2. The molecule has 10 N–H and O–H groups in total. The van der Waals surface area contributed by atoms with Crippen molar-refractivity contribution < 1.29 is 90.7 Å². The second-order valence-electron chi connectivity index (χ2n) is 15.8. The van der Waals surface area contributed by atoms with E-state index in [0.717, 1.165) is 0 Å². The van der Waals surface area contributed by atoms with Gasteiger partial charge in [0.25, 0.3) is 0 Å². The number of unbranched alkanes of at least 4 members (excludes halogenated alkanes) is 2.